The third kappa shape index (κ3) is 3.11. The Kier molecular flexibility index (Phi) is 3.96. The van der Waals surface area contributed by atoms with Crippen molar-refractivity contribution in [2.45, 2.75) is 25.6 Å². The fourth-order valence-electron chi connectivity index (χ4n) is 2.77. The van der Waals surface area contributed by atoms with Crippen LogP contribution >= 0.6 is 0 Å². The Labute approximate surface area is 123 Å². The van der Waals surface area contributed by atoms with Gasteiger partial charge in [0.05, 0.1) is 23.9 Å². The summed E-state index contributed by atoms with van der Waals surface area (Å²) in [6.45, 7) is 2.43. The molecule has 0 saturated heterocycles. The highest BCUT2D eigenvalue weighted by atomic mass is 16.1. The number of amides is 1. The fourth-order valence-corrected chi connectivity index (χ4v) is 2.77. The van der Waals surface area contributed by atoms with Gasteiger partial charge in [-0.2, -0.15) is 5.10 Å². The Balaban J connectivity index is 1.75. The van der Waals surface area contributed by atoms with Gasteiger partial charge in [0.15, 0.2) is 0 Å². The number of pyridine rings is 1. The van der Waals surface area contributed by atoms with Crippen molar-refractivity contribution >= 4 is 5.91 Å². The largest absolute Gasteiger partial charge is 0.359 e. The maximum atomic E-state index is 11.7. The van der Waals surface area contributed by atoms with E-state index >= 15 is 0 Å². The average Bonchev–Trinajstić information content (AvgIpc) is 2.97. The van der Waals surface area contributed by atoms with Crippen LogP contribution in [0, 0.1) is 0 Å². The van der Waals surface area contributed by atoms with E-state index < -0.39 is 0 Å². The topological polar surface area (TPSA) is 63.1 Å². The van der Waals surface area contributed by atoms with Crippen molar-refractivity contribution in [3.05, 3.63) is 48.0 Å². The lowest BCUT2D eigenvalue weighted by Gasteiger charge is -2.33. The quantitative estimate of drug-likeness (QED) is 0.909. The van der Waals surface area contributed by atoms with Gasteiger partial charge >= 0.3 is 0 Å². The molecule has 1 atom stereocenters. The van der Waals surface area contributed by atoms with Gasteiger partial charge in [-0.15, -0.1) is 0 Å². The van der Waals surface area contributed by atoms with Crippen LogP contribution in [0.15, 0.2) is 36.7 Å². The first kappa shape index (κ1) is 13.8. The molecular formula is C15H19N5O. The van der Waals surface area contributed by atoms with Crippen LogP contribution in [0.3, 0.4) is 0 Å². The first-order chi connectivity index (χ1) is 10.3. The Bertz CT molecular complexity index is 610. The standard InChI is InChI=1S/C15H19N5O/c1-16-15(21)8-14-11-19(9-12-4-2-3-6-17-12)10-13-5-7-18-20(13)14/h2-7,14H,8-11H2,1H3,(H,16,21). The van der Waals surface area contributed by atoms with Crippen LogP contribution in [0.4, 0.5) is 0 Å². The van der Waals surface area contributed by atoms with Gasteiger partial charge in [-0.3, -0.25) is 19.4 Å². The minimum absolute atomic E-state index is 0.0427. The van der Waals surface area contributed by atoms with Crippen molar-refractivity contribution in [1.29, 1.82) is 0 Å². The zero-order chi connectivity index (χ0) is 14.7. The minimum Gasteiger partial charge on any atom is -0.359 e. The number of nitrogens with zero attached hydrogens (tertiary/aromatic N) is 4. The van der Waals surface area contributed by atoms with Crippen molar-refractivity contribution < 1.29 is 4.79 Å². The van der Waals surface area contributed by atoms with Crippen molar-refractivity contribution in [2.24, 2.45) is 0 Å². The summed E-state index contributed by atoms with van der Waals surface area (Å²) in [7, 11) is 1.67. The monoisotopic (exact) mass is 285 g/mol. The van der Waals surface area contributed by atoms with Crippen LogP contribution in [-0.2, 0) is 17.9 Å². The summed E-state index contributed by atoms with van der Waals surface area (Å²) >= 11 is 0. The molecule has 0 bridgehead atoms. The number of rotatable bonds is 4. The summed E-state index contributed by atoms with van der Waals surface area (Å²) in [5.41, 5.74) is 2.19. The number of aromatic nitrogens is 3. The highest BCUT2D eigenvalue weighted by molar-refractivity contribution is 5.76. The maximum Gasteiger partial charge on any atom is 0.221 e. The molecule has 1 unspecified atom stereocenters. The molecule has 1 amide bonds. The molecule has 0 aromatic carbocycles. The van der Waals surface area contributed by atoms with Crippen molar-refractivity contribution in [2.75, 3.05) is 13.6 Å². The molecule has 0 saturated carbocycles. The highest BCUT2D eigenvalue weighted by Gasteiger charge is 2.27. The molecule has 1 aliphatic rings. The zero-order valence-electron chi connectivity index (χ0n) is 12.1. The Morgan fingerprint density at radius 1 is 1.38 bits per heavy atom. The lowest BCUT2D eigenvalue weighted by molar-refractivity contribution is -0.121. The Morgan fingerprint density at radius 2 is 2.29 bits per heavy atom. The smallest absolute Gasteiger partial charge is 0.221 e. The van der Waals surface area contributed by atoms with E-state index in [2.05, 4.69) is 20.3 Å². The molecule has 2 aromatic rings. The summed E-state index contributed by atoms with van der Waals surface area (Å²) < 4.78 is 1.98. The van der Waals surface area contributed by atoms with E-state index in [-0.39, 0.29) is 11.9 Å². The van der Waals surface area contributed by atoms with Crippen LogP contribution < -0.4 is 5.32 Å². The molecule has 0 fully saturated rings. The summed E-state index contributed by atoms with van der Waals surface area (Å²) in [5.74, 6) is 0.0427. The van der Waals surface area contributed by atoms with Crippen LogP contribution in [-0.4, -0.2) is 39.2 Å². The molecule has 6 heteroatoms. The van der Waals surface area contributed by atoms with Gasteiger partial charge in [-0.05, 0) is 18.2 Å². The molecule has 1 aliphatic heterocycles. The Hall–Kier alpha value is -2.21. The van der Waals surface area contributed by atoms with Gasteiger partial charge in [0, 0.05) is 39.1 Å². The molecule has 110 valence electrons. The Morgan fingerprint density at radius 3 is 3.05 bits per heavy atom. The van der Waals surface area contributed by atoms with Gasteiger partial charge in [-0.25, -0.2) is 0 Å². The van der Waals surface area contributed by atoms with Gasteiger partial charge in [-0.1, -0.05) is 6.07 Å². The van der Waals surface area contributed by atoms with E-state index in [1.54, 1.807) is 13.2 Å². The van der Waals surface area contributed by atoms with Crippen molar-refractivity contribution in [3.63, 3.8) is 0 Å². The fraction of sp³-hybridized carbons (Fsp3) is 0.400. The molecule has 0 radical (unpaired) electrons. The van der Waals surface area contributed by atoms with Gasteiger partial charge in [0.2, 0.25) is 5.91 Å². The van der Waals surface area contributed by atoms with E-state index in [4.69, 9.17) is 0 Å². The first-order valence-corrected chi connectivity index (χ1v) is 7.11. The molecule has 6 nitrogen and oxygen atoms in total. The lowest BCUT2D eigenvalue weighted by Crippen LogP contribution is -2.39. The van der Waals surface area contributed by atoms with E-state index in [1.165, 1.54) is 0 Å². The summed E-state index contributed by atoms with van der Waals surface area (Å²) in [4.78, 5) is 18.4. The summed E-state index contributed by atoms with van der Waals surface area (Å²) in [5, 5.41) is 7.05. The molecule has 1 N–H and O–H groups in total. The number of hydrogen-bond donors (Lipinski definition) is 1. The second-order valence-electron chi connectivity index (χ2n) is 5.29. The third-order valence-electron chi connectivity index (χ3n) is 3.76. The lowest BCUT2D eigenvalue weighted by atomic mass is 10.1. The second kappa shape index (κ2) is 6.05. The minimum atomic E-state index is 0.0427. The summed E-state index contributed by atoms with van der Waals surface area (Å²) in [6, 6.07) is 8.04. The number of fused-ring (bicyclic) bond motifs is 1. The van der Waals surface area contributed by atoms with Crippen LogP contribution in [0.2, 0.25) is 0 Å². The van der Waals surface area contributed by atoms with Crippen LogP contribution in [0.25, 0.3) is 0 Å². The van der Waals surface area contributed by atoms with Crippen molar-refractivity contribution in [1.82, 2.24) is 25.0 Å². The molecule has 21 heavy (non-hydrogen) atoms. The molecule has 0 spiro atoms. The van der Waals surface area contributed by atoms with Gasteiger partial charge in [0.1, 0.15) is 0 Å². The summed E-state index contributed by atoms with van der Waals surface area (Å²) in [6.07, 6.45) is 4.06. The second-order valence-corrected chi connectivity index (χ2v) is 5.29. The average molecular weight is 285 g/mol. The van der Waals surface area contributed by atoms with E-state index in [9.17, 15) is 4.79 Å². The van der Waals surface area contributed by atoms with Gasteiger partial charge in [0.25, 0.3) is 0 Å². The molecule has 2 aromatic heterocycles. The van der Waals surface area contributed by atoms with Gasteiger partial charge < -0.3 is 5.32 Å². The number of carbonyl (C=O) groups is 1. The van der Waals surface area contributed by atoms with Crippen LogP contribution in [0.5, 0.6) is 0 Å². The SMILES string of the molecule is CNC(=O)CC1CN(Cc2ccccn2)Cc2ccnn21. The number of carbonyl (C=O) groups excluding carboxylic acids is 1. The molecular weight excluding hydrogens is 266 g/mol. The predicted molar refractivity (Wildman–Crippen MR) is 78.3 cm³/mol. The highest BCUT2D eigenvalue weighted by Crippen LogP contribution is 2.23. The first-order valence-electron chi connectivity index (χ1n) is 7.11. The molecule has 0 aliphatic carbocycles. The molecule has 3 rings (SSSR count). The van der Waals surface area contributed by atoms with E-state index in [1.807, 2.05) is 35.1 Å². The van der Waals surface area contributed by atoms with E-state index in [0.717, 1.165) is 31.0 Å². The molecule has 3 heterocycles. The van der Waals surface area contributed by atoms with Crippen LogP contribution in [0.1, 0.15) is 23.9 Å². The zero-order valence-corrected chi connectivity index (χ0v) is 12.1. The predicted octanol–water partition coefficient (Wildman–Crippen LogP) is 0.971. The third-order valence-corrected chi connectivity index (χ3v) is 3.76. The maximum absolute atomic E-state index is 11.7. The number of nitrogens with one attached hydrogen (secondary N) is 1. The normalized spacial score (nSPS) is 18.2. The number of hydrogen-bond acceptors (Lipinski definition) is 4. The van der Waals surface area contributed by atoms with E-state index in [0.29, 0.717) is 6.42 Å². The van der Waals surface area contributed by atoms with Crippen molar-refractivity contribution in [3.8, 4) is 0 Å².